The van der Waals surface area contributed by atoms with Crippen molar-refractivity contribution in [2.45, 2.75) is 39.7 Å². The third-order valence-corrected chi connectivity index (χ3v) is 3.55. The first-order valence-corrected chi connectivity index (χ1v) is 6.78. The van der Waals surface area contributed by atoms with Crippen molar-refractivity contribution in [1.82, 2.24) is 10.2 Å². The predicted molar refractivity (Wildman–Crippen MR) is 68.8 cm³/mol. The van der Waals surface area contributed by atoms with E-state index in [0.717, 1.165) is 32.8 Å². The van der Waals surface area contributed by atoms with Crippen LogP contribution >= 0.6 is 0 Å². The zero-order chi connectivity index (χ0) is 11.8. The molecule has 0 aliphatic carbocycles. The van der Waals surface area contributed by atoms with Crippen molar-refractivity contribution in [3.05, 3.63) is 0 Å². The molecule has 2 unspecified atom stereocenters. The van der Waals surface area contributed by atoms with Crippen LogP contribution in [-0.4, -0.2) is 50.3 Å². The molecule has 0 amide bonds. The van der Waals surface area contributed by atoms with E-state index >= 15 is 0 Å². The summed E-state index contributed by atoms with van der Waals surface area (Å²) in [5.74, 6) is 0.713. The van der Waals surface area contributed by atoms with Crippen LogP contribution in [0.2, 0.25) is 0 Å². The van der Waals surface area contributed by atoms with E-state index in [1.54, 1.807) is 0 Å². The van der Waals surface area contributed by atoms with E-state index in [0.29, 0.717) is 12.0 Å². The molecule has 0 aromatic heterocycles. The SMILES string of the molecule is CCCNCC(C)C(C)N1CCCOCC1. The van der Waals surface area contributed by atoms with E-state index in [1.165, 1.54) is 19.4 Å². The molecule has 1 aliphatic rings. The molecule has 2 atom stereocenters. The largest absolute Gasteiger partial charge is 0.380 e. The van der Waals surface area contributed by atoms with Gasteiger partial charge in [0.2, 0.25) is 0 Å². The van der Waals surface area contributed by atoms with Crippen molar-refractivity contribution in [3.63, 3.8) is 0 Å². The summed E-state index contributed by atoms with van der Waals surface area (Å²) in [5.41, 5.74) is 0. The zero-order valence-corrected chi connectivity index (χ0v) is 11.2. The van der Waals surface area contributed by atoms with E-state index in [9.17, 15) is 0 Å². The lowest BCUT2D eigenvalue weighted by Crippen LogP contribution is -2.42. The summed E-state index contributed by atoms with van der Waals surface area (Å²) < 4.78 is 5.50. The second-order valence-electron chi connectivity index (χ2n) is 4.92. The average Bonchev–Trinajstić information content (AvgIpc) is 2.56. The van der Waals surface area contributed by atoms with Gasteiger partial charge in [0.15, 0.2) is 0 Å². The molecule has 0 aromatic rings. The lowest BCUT2D eigenvalue weighted by Gasteiger charge is -2.32. The molecule has 0 aromatic carbocycles. The maximum absolute atomic E-state index is 5.50. The summed E-state index contributed by atoms with van der Waals surface area (Å²) in [6.07, 6.45) is 2.40. The first kappa shape index (κ1) is 13.9. The Balaban J connectivity index is 2.26. The summed E-state index contributed by atoms with van der Waals surface area (Å²) in [6.45, 7) is 13.3. The second-order valence-corrected chi connectivity index (χ2v) is 4.92. The second kappa shape index (κ2) is 8.04. The quantitative estimate of drug-likeness (QED) is 0.701. The highest BCUT2D eigenvalue weighted by atomic mass is 16.5. The Morgan fingerprint density at radius 3 is 2.81 bits per heavy atom. The van der Waals surface area contributed by atoms with E-state index in [4.69, 9.17) is 4.74 Å². The van der Waals surface area contributed by atoms with Gasteiger partial charge in [0, 0.05) is 25.7 Å². The number of hydrogen-bond donors (Lipinski definition) is 1. The summed E-state index contributed by atoms with van der Waals surface area (Å²) in [7, 11) is 0. The Morgan fingerprint density at radius 2 is 2.06 bits per heavy atom. The van der Waals surface area contributed by atoms with Gasteiger partial charge in [-0.25, -0.2) is 0 Å². The summed E-state index contributed by atoms with van der Waals surface area (Å²) >= 11 is 0. The van der Waals surface area contributed by atoms with E-state index in [2.05, 4.69) is 31.0 Å². The normalized spacial score (nSPS) is 22.7. The summed E-state index contributed by atoms with van der Waals surface area (Å²) in [6, 6.07) is 0.658. The van der Waals surface area contributed by atoms with E-state index < -0.39 is 0 Å². The van der Waals surface area contributed by atoms with Gasteiger partial charge in [-0.05, 0) is 38.8 Å². The highest BCUT2D eigenvalue weighted by Crippen LogP contribution is 2.12. The van der Waals surface area contributed by atoms with Gasteiger partial charge in [-0.15, -0.1) is 0 Å². The minimum absolute atomic E-state index is 0.658. The van der Waals surface area contributed by atoms with Crippen LogP contribution in [0.4, 0.5) is 0 Å². The first-order valence-electron chi connectivity index (χ1n) is 6.78. The van der Waals surface area contributed by atoms with Crippen LogP contribution in [0.5, 0.6) is 0 Å². The Morgan fingerprint density at radius 1 is 1.25 bits per heavy atom. The van der Waals surface area contributed by atoms with Crippen LogP contribution < -0.4 is 5.32 Å². The summed E-state index contributed by atoms with van der Waals surface area (Å²) in [4.78, 5) is 2.57. The van der Waals surface area contributed by atoms with Crippen LogP contribution in [0.3, 0.4) is 0 Å². The topological polar surface area (TPSA) is 24.5 Å². The predicted octanol–water partition coefficient (Wildman–Crippen LogP) is 1.73. The number of nitrogens with zero attached hydrogens (tertiary/aromatic N) is 1. The van der Waals surface area contributed by atoms with Gasteiger partial charge in [0.1, 0.15) is 0 Å². The molecule has 1 rings (SSSR count). The molecule has 3 nitrogen and oxygen atoms in total. The standard InChI is InChI=1S/C13H28N2O/c1-4-6-14-11-12(2)13(3)15-7-5-9-16-10-8-15/h12-14H,4-11H2,1-3H3. The fourth-order valence-electron chi connectivity index (χ4n) is 2.21. The Bertz CT molecular complexity index is 167. The van der Waals surface area contributed by atoms with Crippen molar-refractivity contribution in [3.8, 4) is 0 Å². The monoisotopic (exact) mass is 228 g/mol. The van der Waals surface area contributed by atoms with Gasteiger partial charge >= 0.3 is 0 Å². The molecule has 96 valence electrons. The van der Waals surface area contributed by atoms with Crippen molar-refractivity contribution >= 4 is 0 Å². The first-order chi connectivity index (χ1) is 7.75. The molecule has 0 saturated carbocycles. The maximum Gasteiger partial charge on any atom is 0.0593 e. The van der Waals surface area contributed by atoms with Crippen LogP contribution in [0, 0.1) is 5.92 Å². The van der Waals surface area contributed by atoms with Crippen LogP contribution in [0.25, 0.3) is 0 Å². The fraction of sp³-hybridized carbons (Fsp3) is 1.00. The van der Waals surface area contributed by atoms with Crippen LogP contribution in [0.1, 0.15) is 33.6 Å². The molecule has 3 heteroatoms. The Labute approximate surface area is 101 Å². The van der Waals surface area contributed by atoms with Crippen molar-refractivity contribution in [1.29, 1.82) is 0 Å². The minimum atomic E-state index is 0.658. The van der Waals surface area contributed by atoms with Crippen molar-refractivity contribution in [2.24, 2.45) is 5.92 Å². The fourth-order valence-corrected chi connectivity index (χ4v) is 2.21. The molecule has 1 heterocycles. The van der Waals surface area contributed by atoms with Gasteiger partial charge in [-0.3, -0.25) is 4.90 Å². The molecule has 1 N–H and O–H groups in total. The van der Waals surface area contributed by atoms with E-state index in [-0.39, 0.29) is 0 Å². The lowest BCUT2D eigenvalue weighted by atomic mass is 10.0. The van der Waals surface area contributed by atoms with Crippen LogP contribution in [-0.2, 0) is 4.74 Å². The number of ether oxygens (including phenoxy) is 1. The highest BCUT2D eigenvalue weighted by molar-refractivity contribution is 4.75. The van der Waals surface area contributed by atoms with Gasteiger partial charge in [0.05, 0.1) is 6.61 Å². The lowest BCUT2D eigenvalue weighted by molar-refractivity contribution is 0.122. The molecule has 0 spiro atoms. The number of hydrogen-bond acceptors (Lipinski definition) is 3. The van der Waals surface area contributed by atoms with Crippen LogP contribution in [0.15, 0.2) is 0 Å². The van der Waals surface area contributed by atoms with Gasteiger partial charge < -0.3 is 10.1 Å². The van der Waals surface area contributed by atoms with Gasteiger partial charge in [-0.1, -0.05) is 13.8 Å². The molecule has 0 bridgehead atoms. The molecule has 1 fully saturated rings. The van der Waals surface area contributed by atoms with Crippen molar-refractivity contribution in [2.75, 3.05) is 39.4 Å². The van der Waals surface area contributed by atoms with Gasteiger partial charge in [0.25, 0.3) is 0 Å². The van der Waals surface area contributed by atoms with Crippen molar-refractivity contribution < 1.29 is 4.74 Å². The number of rotatable bonds is 6. The molecule has 16 heavy (non-hydrogen) atoms. The number of nitrogens with one attached hydrogen (secondary N) is 1. The Kier molecular flexibility index (Phi) is 7.01. The highest BCUT2D eigenvalue weighted by Gasteiger charge is 2.20. The molecular weight excluding hydrogens is 200 g/mol. The molecule has 0 radical (unpaired) electrons. The average molecular weight is 228 g/mol. The smallest absolute Gasteiger partial charge is 0.0593 e. The molecular formula is C13H28N2O. The third-order valence-electron chi connectivity index (χ3n) is 3.55. The maximum atomic E-state index is 5.50. The molecule has 1 saturated heterocycles. The van der Waals surface area contributed by atoms with E-state index in [1.807, 2.05) is 0 Å². The zero-order valence-electron chi connectivity index (χ0n) is 11.2. The Hall–Kier alpha value is -0.120. The third kappa shape index (κ3) is 4.81. The summed E-state index contributed by atoms with van der Waals surface area (Å²) in [5, 5.41) is 3.51. The minimum Gasteiger partial charge on any atom is -0.380 e. The molecule has 1 aliphatic heterocycles. The van der Waals surface area contributed by atoms with Gasteiger partial charge in [-0.2, -0.15) is 0 Å².